The van der Waals surface area contributed by atoms with Crippen molar-refractivity contribution in [3.05, 3.63) is 41.2 Å². The number of rotatable bonds is 6. The van der Waals surface area contributed by atoms with Gasteiger partial charge in [-0.3, -0.25) is 4.79 Å². The van der Waals surface area contributed by atoms with E-state index < -0.39 is 5.54 Å². The average molecular weight is 428 g/mol. The third-order valence-corrected chi connectivity index (χ3v) is 6.29. The van der Waals surface area contributed by atoms with E-state index in [9.17, 15) is 15.0 Å². The molecule has 31 heavy (non-hydrogen) atoms. The van der Waals surface area contributed by atoms with Crippen molar-refractivity contribution in [3.63, 3.8) is 0 Å². The van der Waals surface area contributed by atoms with Crippen molar-refractivity contribution < 1.29 is 24.5 Å². The largest absolute Gasteiger partial charge is 0.489 e. The van der Waals surface area contributed by atoms with Crippen LogP contribution in [0.5, 0.6) is 11.6 Å². The van der Waals surface area contributed by atoms with Crippen molar-refractivity contribution in [2.24, 2.45) is 0 Å². The van der Waals surface area contributed by atoms with Crippen LogP contribution < -0.4 is 14.4 Å². The number of anilines is 1. The van der Waals surface area contributed by atoms with Crippen molar-refractivity contribution >= 4 is 11.7 Å². The molecule has 2 aliphatic rings. The Morgan fingerprint density at radius 2 is 1.94 bits per heavy atom. The predicted molar refractivity (Wildman–Crippen MR) is 114 cm³/mol. The summed E-state index contributed by atoms with van der Waals surface area (Å²) in [6, 6.07) is 5.44. The van der Waals surface area contributed by atoms with Gasteiger partial charge in [-0.25, -0.2) is 9.97 Å². The minimum Gasteiger partial charge on any atom is -0.489 e. The van der Waals surface area contributed by atoms with Gasteiger partial charge in [-0.1, -0.05) is 0 Å². The monoisotopic (exact) mass is 428 g/mol. The van der Waals surface area contributed by atoms with Gasteiger partial charge in [0.05, 0.1) is 37.8 Å². The number of piperidine rings is 1. The number of amides is 1. The molecule has 1 amide bonds. The van der Waals surface area contributed by atoms with Crippen LogP contribution in [0.2, 0.25) is 0 Å². The first-order valence-corrected chi connectivity index (χ1v) is 10.4. The van der Waals surface area contributed by atoms with Crippen LogP contribution in [-0.2, 0) is 5.54 Å². The van der Waals surface area contributed by atoms with Crippen LogP contribution in [0.25, 0.3) is 0 Å². The normalized spacial score (nSPS) is 18.3. The number of aliphatic hydroxyl groups excluding tert-OH is 2. The lowest BCUT2D eigenvalue weighted by Gasteiger charge is -2.35. The Balaban J connectivity index is 1.50. The van der Waals surface area contributed by atoms with Crippen molar-refractivity contribution in [2.45, 2.75) is 31.4 Å². The number of aliphatic hydroxyl groups is 2. The number of aromatic nitrogens is 2. The second-order valence-electron chi connectivity index (χ2n) is 8.08. The van der Waals surface area contributed by atoms with Crippen LogP contribution in [-0.4, -0.2) is 77.6 Å². The molecule has 0 atom stereocenters. The van der Waals surface area contributed by atoms with Gasteiger partial charge in [0.15, 0.2) is 0 Å². The van der Waals surface area contributed by atoms with E-state index in [1.165, 1.54) is 4.90 Å². The van der Waals surface area contributed by atoms with Crippen LogP contribution in [0, 0.1) is 6.92 Å². The highest BCUT2D eigenvalue weighted by Crippen LogP contribution is 2.39. The zero-order valence-corrected chi connectivity index (χ0v) is 18.0. The maximum absolute atomic E-state index is 12.6. The van der Waals surface area contributed by atoms with Crippen LogP contribution in [0.15, 0.2) is 24.4 Å². The topological polar surface area (TPSA) is 108 Å². The third-order valence-electron chi connectivity index (χ3n) is 6.29. The highest BCUT2D eigenvalue weighted by Gasteiger charge is 2.49. The fraction of sp³-hybridized carbons (Fsp3) is 0.500. The minimum atomic E-state index is -1.20. The Kier molecular flexibility index (Phi) is 5.72. The zero-order chi connectivity index (χ0) is 22.2. The van der Waals surface area contributed by atoms with Gasteiger partial charge in [-0.2, -0.15) is 0 Å². The fourth-order valence-corrected chi connectivity index (χ4v) is 4.32. The number of fused-ring (bicyclic) bond motifs is 1. The molecule has 0 saturated carbocycles. The van der Waals surface area contributed by atoms with Crippen molar-refractivity contribution in [1.29, 1.82) is 0 Å². The van der Waals surface area contributed by atoms with E-state index in [1.54, 1.807) is 26.4 Å². The molecular weight excluding hydrogens is 400 g/mol. The number of hydrogen-bond donors (Lipinski definition) is 2. The van der Waals surface area contributed by atoms with E-state index in [1.807, 2.05) is 19.1 Å². The summed E-state index contributed by atoms with van der Waals surface area (Å²) in [4.78, 5) is 25.2. The van der Waals surface area contributed by atoms with E-state index in [2.05, 4.69) is 9.88 Å². The summed E-state index contributed by atoms with van der Waals surface area (Å²) in [6.45, 7) is 2.64. The van der Waals surface area contributed by atoms with Crippen LogP contribution >= 0.6 is 0 Å². The molecule has 9 heteroatoms. The molecule has 2 aromatic rings. The summed E-state index contributed by atoms with van der Waals surface area (Å²) >= 11 is 0. The van der Waals surface area contributed by atoms with Gasteiger partial charge in [-0.15, -0.1) is 0 Å². The lowest BCUT2D eigenvalue weighted by Crippen LogP contribution is -2.47. The Morgan fingerprint density at radius 3 is 2.52 bits per heavy atom. The summed E-state index contributed by atoms with van der Waals surface area (Å²) in [5.41, 5.74) is 0.578. The Labute approximate surface area is 181 Å². The lowest BCUT2D eigenvalue weighted by molar-refractivity contribution is 0.0113. The second-order valence-corrected chi connectivity index (χ2v) is 8.08. The maximum Gasteiger partial charge on any atom is 0.256 e. The first-order chi connectivity index (χ1) is 14.9. The standard InChI is InChI=1S/C22H28N4O5/c1-14-10-17-19(22(12-27,13-28)25(2)21(17)29)24-20(14)26-8-6-15(7-9-26)31-16-4-5-18(30-3)23-11-16/h4-5,10-11,15,27-28H,6-9,12-13H2,1-3H3. The number of ether oxygens (including phenoxy) is 2. The van der Waals surface area contributed by atoms with Crippen molar-refractivity contribution in [3.8, 4) is 11.6 Å². The van der Waals surface area contributed by atoms with Crippen LogP contribution in [0.3, 0.4) is 0 Å². The SMILES string of the molecule is COc1ccc(OC2CCN(c3nc4c(cc3C)C(=O)N(C)C4(CO)CO)CC2)cn1. The molecule has 4 rings (SSSR count). The number of hydrogen-bond acceptors (Lipinski definition) is 8. The van der Waals surface area contributed by atoms with Crippen molar-refractivity contribution in [2.75, 3.05) is 45.4 Å². The molecule has 4 heterocycles. The number of likely N-dealkylation sites (N-methyl/N-ethyl adjacent to an activating group) is 1. The molecule has 0 spiro atoms. The highest BCUT2D eigenvalue weighted by molar-refractivity contribution is 6.00. The summed E-state index contributed by atoms with van der Waals surface area (Å²) in [5.74, 6) is 1.80. The molecule has 1 saturated heterocycles. The molecule has 0 aliphatic carbocycles. The average Bonchev–Trinajstić information content (AvgIpc) is 3.00. The number of nitrogens with zero attached hydrogens (tertiary/aromatic N) is 4. The molecule has 0 bridgehead atoms. The summed E-state index contributed by atoms with van der Waals surface area (Å²) in [5, 5.41) is 20.0. The molecule has 9 nitrogen and oxygen atoms in total. The second kappa shape index (κ2) is 8.32. The van der Waals surface area contributed by atoms with E-state index >= 15 is 0 Å². The molecule has 0 aromatic carbocycles. The first-order valence-electron chi connectivity index (χ1n) is 10.4. The number of aryl methyl sites for hydroxylation is 1. The summed E-state index contributed by atoms with van der Waals surface area (Å²) in [7, 11) is 3.16. The predicted octanol–water partition coefficient (Wildman–Crippen LogP) is 1.11. The highest BCUT2D eigenvalue weighted by atomic mass is 16.5. The van der Waals surface area contributed by atoms with Crippen LogP contribution in [0.4, 0.5) is 5.82 Å². The fourth-order valence-electron chi connectivity index (χ4n) is 4.32. The quantitative estimate of drug-likeness (QED) is 0.704. The Morgan fingerprint density at radius 1 is 1.23 bits per heavy atom. The molecule has 0 unspecified atom stereocenters. The van der Waals surface area contributed by atoms with E-state index in [0.29, 0.717) is 22.9 Å². The third kappa shape index (κ3) is 3.57. The lowest BCUT2D eigenvalue weighted by atomic mass is 9.95. The first kappa shape index (κ1) is 21.3. The summed E-state index contributed by atoms with van der Waals surface area (Å²) in [6.07, 6.45) is 3.36. The zero-order valence-electron chi connectivity index (χ0n) is 18.0. The minimum absolute atomic E-state index is 0.0721. The van der Waals surface area contributed by atoms with Gasteiger partial charge in [0.1, 0.15) is 23.2 Å². The van der Waals surface area contributed by atoms with Gasteiger partial charge >= 0.3 is 0 Å². The molecule has 2 aromatic heterocycles. The molecule has 1 fully saturated rings. The van der Waals surface area contributed by atoms with Gasteiger partial charge in [-0.05, 0) is 24.6 Å². The van der Waals surface area contributed by atoms with Gasteiger partial charge in [0, 0.05) is 39.0 Å². The summed E-state index contributed by atoms with van der Waals surface area (Å²) < 4.78 is 11.1. The Bertz CT molecular complexity index is 953. The van der Waals surface area contributed by atoms with E-state index in [-0.39, 0.29) is 25.2 Å². The molecule has 166 valence electrons. The van der Waals surface area contributed by atoms with Crippen molar-refractivity contribution in [1.82, 2.24) is 14.9 Å². The number of carbonyl (C=O) groups excluding carboxylic acids is 1. The van der Waals surface area contributed by atoms with Gasteiger partial charge < -0.3 is 29.5 Å². The number of methoxy groups -OCH3 is 1. The smallest absolute Gasteiger partial charge is 0.256 e. The maximum atomic E-state index is 12.6. The Hall–Kier alpha value is -2.91. The molecular formula is C22H28N4O5. The number of pyridine rings is 2. The van der Waals surface area contributed by atoms with Gasteiger partial charge in [0.25, 0.3) is 5.91 Å². The molecule has 2 N–H and O–H groups in total. The van der Waals surface area contributed by atoms with Gasteiger partial charge in [0.2, 0.25) is 5.88 Å². The molecule has 0 radical (unpaired) electrons. The number of carbonyl (C=O) groups is 1. The van der Waals surface area contributed by atoms with Crippen LogP contribution in [0.1, 0.15) is 34.5 Å². The van der Waals surface area contributed by atoms with E-state index in [4.69, 9.17) is 14.5 Å². The molecule has 2 aliphatic heterocycles. The van der Waals surface area contributed by atoms with E-state index in [0.717, 1.165) is 37.3 Å².